The lowest BCUT2D eigenvalue weighted by Crippen LogP contribution is -1.92. The van der Waals surface area contributed by atoms with Crippen LogP contribution in [0.25, 0.3) is 0 Å². The van der Waals surface area contributed by atoms with E-state index in [1.54, 1.807) is 0 Å². The van der Waals surface area contributed by atoms with Crippen LogP contribution in [0, 0.1) is 0 Å². The van der Waals surface area contributed by atoms with Crippen LogP contribution in [-0.4, -0.2) is 28.1 Å². The fraction of sp³-hybridized carbons (Fsp3) is 1.00. The Kier molecular flexibility index (Phi) is 29.7. The maximum atomic E-state index is 10.6. The Morgan fingerprint density at radius 2 is 0.556 bits per heavy atom. The number of rotatable bonds is 31. The third kappa shape index (κ3) is 34.1. The van der Waals surface area contributed by atoms with Gasteiger partial charge < -0.3 is 14.9 Å². The summed E-state index contributed by atoms with van der Waals surface area (Å²) >= 11 is 0. The molecular formula is C30H63O5P. The first-order valence-electron chi connectivity index (χ1n) is 15.9. The molecule has 36 heavy (non-hydrogen) atoms. The average Bonchev–Trinajstić information content (AvgIpc) is 2.84. The fourth-order valence-electron chi connectivity index (χ4n) is 4.99. The summed E-state index contributed by atoms with van der Waals surface area (Å²) in [6, 6.07) is 0. The zero-order valence-corrected chi connectivity index (χ0v) is 24.7. The molecule has 0 aromatic heterocycles. The number of hydrogen-bond acceptors (Lipinski definition) is 3. The standard InChI is InChI=1S/C30H63O5P/c31-29-27-25-23-21-19-17-15-13-11-9-7-5-3-1-2-4-6-8-10-12-14-16-18-20-22-24-26-28-30-35-36(32,33)34/h31H,1-30H2,(H2,32,33,34). The van der Waals surface area contributed by atoms with Crippen molar-refractivity contribution in [2.24, 2.45) is 0 Å². The van der Waals surface area contributed by atoms with Gasteiger partial charge in [-0.2, -0.15) is 0 Å². The van der Waals surface area contributed by atoms with Crippen LogP contribution >= 0.6 is 7.82 Å². The minimum Gasteiger partial charge on any atom is -0.396 e. The summed E-state index contributed by atoms with van der Waals surface area (Å²) in [5, 5.41) is 8.77. The Balaban J connectivity index is 3.04. The van der Waals surface area contributed by atoms with Crippen molar-refractivity contribution in [3.8, 4) is 0 Å². The maximum absolute atomic E-state index is 10.6. The molecule has 0 fully saturated rings. The van der Waals surface area contributed by atoms with Crippen LogP contribution in [0.3, 0.4) is 0 Å². The zero-order chi connectivity index (χ0) is 26.4. The molecule has 0 heterocycles. The van der Waals surface area contributed by atoms with E-state index in [1.807, 2.05) is 0 Å². The van der Waals surface area contributed by atoms with Gasteiger partial charge >= 0.3 is 7.82 Å². The molecule has 0 atom stereocenters. The molecule has 0 aromatic carbocycles. The molecule has 0 radical (unpaired) electrons. The summed E-state index contributed by atoms with van der Waals surface area (Å²) in [5.74, 6) is 0. The minimum atomic E-state index is -4.27. The van der Waals surface area contributed by atoms with Crippen molar-refractivity contribution in [3.63, 3.8) is 0 Å². The largest absolute Gasteiger partial charge is 0.469 e. The van der Waals surface area contributed by atoms with Gasteiger partial charge in [-0.25, -0.2) is 4.57 Å². The number of aliphatic hydroxyl groups excluding tert-OH is 1. The number of aliphatic hydroxyl groups is 1. The van der Waals surface area contributed by atoms with Gasteiger partial charge in [-0.05, 0) is 12.8 Å². The monoisotopic (exact) mass is 534 g/mol. The van der Waals surface area contributed by atoms with Crippen LogP contribution in [0.4, 0.5) is 0 Å². The van der Waals surface area contributed by atoms with Crippen molar-refractivity contribution in [2.75, 3.05) is 13.2 Å². The van der Waals surface area contributed by atoms with Crippen LogP contribution in [0.5, 0.6) is 0 Å². The van der Waals surface area contributed by atoms with Crippen molar-refractivity contribution in [3.05, 3.63) is 0 Å². The Hall–Kier alpha value is 0.0700. The predicted molar refractivity (Wildman–Crippen MR) is 154 cm³/mol. The Bertz CT molecular complexity index is 455. The molecule has 0 aromatic rings. The molecule has 0 rings (SSSR count). The lowest BCUT2D eigenvalue weighted by molar-refractivity contribution is 0.193. The second kappa shape index (κ2) is 29.6. The highest BCUT2D eigenvalue weighted by atomic mass is 31.2. The highest BCUT2D eigenvalue weighted by Gasteiger charge is 2.12. The van der Waals surface area contributed by atoms with Crippen molar-refractivity contribution in [1.29, 1.82) is 0 Å². The van der Waals surface area contributed by atoms with Crippen LogP contribution in [0.15, 0.2) is 0 Å². The number of hydrogen-bond donors (Lipinski definition) is 3. The van der Waals surface area contributed by atoms with Gasteiger partial charge in [0.2, 0.25) is 0 Å². The highest BCUT2D eigenvalue weighted by Crippen LogP contribution is 2.35. The summed E-state index contributed by atoms with van der Waals surface area (Å²) in [7, 11) is -4.27. The molecule has 218 valence electrons. The van der Waals surface area contributed by atoms with E-state index < -0.39 is 7.82 Å². The summed E-state index contributed by atoms with van der Waals surface area (Å²) < 4.78 is 15.0. The Morgan fingerprint density at radius 3 is 0.750 bits per heavy atom. The molecule has 0 saturated heterocycles. The molecule has 0 aliphatic heterocycles. The lowest BCUT2D eigenvalue weighted by atomic mass is 10.0. The molecule has 6 heteroatoms. The van der Waals surface area contributed by atoms with Crippen LogP contribution in [-0.2, 0) is 9.09 Å². The van der Waals surface area contributed by atoms with Crippen molar-refractivity contribution < 1.29 is 24.0 Å². The van der Waals surface area contributed by atoms with E-state index in [4.69, 9.17) is 14.9 Å². The van der Waals surface area contributed by atoms with E-state index in [0.29, 0.717) is 6.61 Å². The topological polar surface area (TPSA) is 87.0 Å². The quantitative estimate of drug-likeness (QED) is 0.0608. The second-order valence-corrected chi connectivity index (χ2v) is 12.2. The highest BCUT2D eigenvalue weighted by molar-refractivity contribution is 7.46. The summed E-state index contributed by atoms with van der Waals surface area (Å²) in [6.45, 7) is 0.527. The van der Waals surface area contributed by atoms with Crippen LogP contribution < -0.4 is 0 Å². The van der Waals surface area contributed by atoms with Crippen molar-refractivity contribution in [1.82, 2.24) is 0 Å². The molecule has 0 aliphatic carbocycles. The first kappa shape index (κ1) is 36.1. The third-order valence-corrected chi connectivity index (χ3v) is 7.83. The van der Waals surface area contributed by atoms with E-state index in [2.05, 4.69) is 4.52 Å². The minimum absolute atomic E-state index is 0.166. The molecule has 3 N–H and O–H groups in total. The smallest absolute Gasteiger partial charge is 0.396 e. The number of unbranched alkanes of at least 4 members (excludes halogenated alkanes) is 27. The number of phosphoric ester groups is 1. The summed E-state index contributed by atoms with van der Waals surface area (Å²) in [5.41, 5.74) is 0. The van der Waals surface area contributed by atoms with E-state index in [0.717, 1.165) is 25.7 Å². The van der Waals surface area contributed by atoms with Crippen LogP contribution in [0.1, 0.15) is 180 Å². The molecule has 0 unspecified atom stereocenters. The van der Waals surface area contributed by atoms with Crippen LogP contribution in [0.2, 0.25) is 0 Å². The molecule has 0 saturated carbocycles. The van der Waals surface area contributed by atoms with Gasteiger partial charge in [0.05, 0.1) is 6.61 Å². The van der Waals surface area contributed by atoms with Crippen molar-refractivity contribution >= 4 is 7.82 Å². The Labute approximate surface area is 224 Å². The molecule has 0 aliphatic rings. The first-order chi connectivity index (χ1) is 17.6. The molecule has 5 nitrogen and oxygen atoms in total. The molecule has 0 amide bonds. The van der Waals surface area contributed by atoms with Gasteiger partial charge in [0.25, 0.3) is 0 Å². The van der Waals surface area contributed by atoms with E-state index in [9.17, 15) is 4.57 Å². The summed E-state index contributed by atoms with van der Waals surface area (Å²) in [6.07, 6.45) is 37.1. The van der Waals surface area contributed by atoms with Gasteiger partial charge in [0.15, 0.2) is 0 Å². The van der Waals surface area contributed by atoms with E-state index >= 15 is 0 Å². The number of phosphoric acid groups is 1. The molecular weight excluding hydrogens is 471 g/mol. The van der Waals surface area contributed by atoms with E-state index in [-0.39, 0.29) is 6.61 Å². The summed E-state index contributed by atoms with van der Waals surface area (Å²) in [4.78, 5) is 17.2. The molecule has 0 bridgehead atoms. The van der Waals surface area contributed by atoms with Gasteiger partial charge in [0, 0.05) is 6.61 Å². The fourth-order valence-corrected chi connectivity index (χ4v) is 5.36. The second-order valence-electron chi connectivity index (χ2n) is 10.9. The zero-order valence-electron chi connectivity index (χ0n) is 23.8. The average molecular weight is 535 g/mol. The molecule has 0 spiro atoms. The van der Waals surface area contributed by atoms with Gasteiger partial charge in [0.1, 0.15) is 0 Å². The van der Waals surface area contributed by atoms with Crippen molar-refractivity contribution in [2.45, 2.75) is 180 Å². The maximum Gasteiger partial charge on any atom is 0.469 e. The lowest BCUT2D eigenvalue weighted by Gasteiger charge is -2.05. The van der Waals surface area contributed by atoms with Gasteiger partial charge in [-0.1, -0.05) is 167 Å². The SMILES string of the molecule is O=P(O)(O)OCCCCCCCCCCCCCCCCCCCCCCCCCCCCCCO. The first-order valence-corrected chi connectivity index (χ1v) is 17.4. The Morgan fingerprint density at radius 1 is 0.361 bits per heavy atom. The normalized spacial score (nSPS) is 12.0. The van der Waals surface area contributed by atoms with Gasteiger partial charge in [-0.15, -0.1) is 0 Å². The van der Waals surface area contributed by atoms with Gasteiger partial charge in [-0.3, -0.25) is 4.52 Å². The van der Waals surface area contributed by atoms with E-state index in [1.165, 1.54) is 154 Å². The predicted octanol–water partition coefficient (Wildman–Crippen LogP) is 10.0. The third-order valence-electron chi connectivity index (χ3n) is 7.31.